The van der Waals surface area contributed by atoms with Crippen LogP contribution in [0.3, 0.4) is 0 Å². The van der Waals surface area contributed by atoms with E-state index >= 15 is 0 Å². The predicted octanol–water partition coefficient (Wildman–Crippen LogP) is 3.51. The van der Waals surface area contributed by atoms with Gasteiger partial charge in [0.05, 0.1) is 19.9 Å². The molecule has 0 saturated heterocycles. The van der Waals surface area contributed by atoms with Crippen molar-refractivity contribution >= 4 is 46.4 Å². The van der Waals surface area contributed by atoms with Crippen LogP contribution in [0.4, 0.5) is 0 Å². The van der Waals surface area contributed by atoms with Gasteiger partial charge < -0.3 is 15.7 Å². The molecule has 7 nitrogen and oxygen atoms in total. The number of benzene rings is 1. The average molecular weight is 506 g/mol. The first kappa shape index (κ1) is 23.5. The number of carbonyl (C=O) groups is 2. The second-order valence-electron chi connectivity index (χ2n) is 7.86. The molecule has 2 aromatic heterocycles. The summed E-state index contributed by atoms with van der Waals surface area (Å²) in [5, 5.41) is 15.8. The standard InChI is InChI=1S/C23H21Cl2N3O4S/c24-15-11-14(4-5-18(15)28-8-2-1-3-21(28)30)22(31)26-16-9-13(12-29)10-17(16)27-23(32)19-6-7-20(25)33-19/h1-8,11,13,16-17,29H,9-10,12H2,(H,26,31)(H,27,32)/t13-,16-,17+/m0/s1. The van der Waals surface area contributed by atoms with Gasteiger partial charge in [0.15, 0.2) is 0 Å². The van der Waals surface area contributed by atoms with Gasteiger partial charge in [0, 0.05) is 36.5 Å². The van der Waals surface area contributed by atoms with E-state index in [2.05, 4.69) is 10.6 Å². The minimum atomic E-state index is -0.357. The maximum absolute atomic E-state index is 12.9. The topological polar surface area (TPSA) is 100 Å². The van der Waals surface area contributed by atoms with Crippen LogP contribution in [0, 0.1) is 5.92 Å². The summed E-state index contributed by atoms with van der Waals surface area (Å²) in [6, 6.07) is 12.1. The van der Waals surface area contributed by atoms with Gasteiger partial charge in [-0.3, -0.25) is 19.0 Å². The summed E-state index contributed by atoms with van der Waals surface area (Å²) in [5.41, 5.74) is 0.568. The molecule has 2 amide bonds. The van der Waals surface area contributed by atoms with E-state index in [-0.39, 0.29) is 47.0 Å². The fourth-order valence-corrected chi connectivity index (χ4v) is 5.23. The van der Waals surface area contributed by atoms with Crippen LogP contribution in [-0.4, -0.2) is 40.2 Å². The lowest BCUT2D eigenvalue weighted by Crippen LogP contribution is -2.48. The fourth-order valence-electron chi connectivity index (χ4n) is 4.01. The van der Waals surface area contributed by atoms with E-state index in [1.807, 2.05) is 0 Å². The van der Waals surface area contributed by atoms with Crippen molar-refractivity contribution in [3.8, 4) is 5.69 Å². The molecular weight excluding hydrogens is 485 g/mol. The third-order valence-corrected chi connectivity index (χ3v) is 7.17. The number of aliphatic hydroxyl groups excluding tert-OH is 1. The molecule has 3 atom stereocenters. The van der Waals surface area contributed by atoms with Crippen LogP contribution in [0.2, 0.25) is 9.36 Å². The van der Waals surface area contributed by atoms with Crippen LogP contribution < -0.4 is 16.2 Å². The molecule has 172 valence electrons. The molecule has 2 heterocycles. The van der Waals surface area contributed by atoms with Gasteiger partial charge in [-0.05, 0) is 55.2 Å². The Morgan fingerprint density at radius 3 is 2.36 bits per heavy atom. The molecule has 1 aliphatic carbocycles. The van der Waals surface area contributed by atoms with Gasteiger partial charge in [0.25, 0.3) is 17.4 Å². The van der Waals surface area contributed by atoms with Crippen molar-refractivity contribution in [2.24, 2.45) is 5.92 Å². The Balaban J connectivity index is 1.48. The van der Waals surface area contributed by atoms with E-state index in [4.69, 9.17) is 23.2 Å². The third kappa shape index (κ3) is 5.30. The first-order chi connectivity index (χ1) is 15.9. The number of aliphatic hydroxyl groups is 1. The first-order valence-corrected chi connectivity index (χ1v) is 11.9. The van der Waals surface area contributed by atoms with E-state index in [1.54, 1.807) is 42.6 Å². The van der Waals surface area contributed by atoms with Crippen LogP contribution >= 0.6 is 34.5 Å². The second kappa shape index (κ2) is 10.1. The summed E-state index contributed by atoms with van der Waals surface area (Å²) in [6.45, 7) is -0.0318. The monoisotopic (exact) mass is 505 g/mol. The van der Waals surface area contributed by atoms with Crippen molar-refractivity contribution in [1.82, 2.24) is 15.2 Å². The quantitative estimate of drug-likeness (QED) is 0.477. The van der Waals surface area contributed by atoms with Gasteiger partial charge in [0.1, 0.15) is 0 Å². The molecule has 4 rings (SSSR count). The lowest BCUT2D eigenvalue weighted by molar-refractivity contribution is 0.0894. The molecule has 33 heavy (non-hydrogen) atoms. The van der Waals surface area contributed by atoms with Crippen molar-refractivity contribution in [2.45, 2.75) is 24.9 Å². The molecule has 1 aromatic carbocycles. The molecule has 3 aromatic rings. The van der Waals surface area contributed by atoms with Crippen molar-refractivity contribution < 1.29 is 14.7 Å². The summed E-state index contributed by atoms with van der Waals surface area (Å²) in [5.74, 6) is -0.662. The van der Waals surface area contributed by atoms with Crippen molar-refractivity contribution in [3.63, 3.8) is 0 Å². The molecule has 1 fully saturated rings. The number of pyridine rings is 1. The second-order valence-corrected chi connectivity index (χ2v) is 9.98. The van der Waals surface area contributed by atoms with E-state index in [9.17, 15) is 19.5 Å². The maximum atomic E-state index is 12.9. The first-order valence-electron chi connectivity index (χ1n) is 10.3. The summed E-state index contributed by atoms with van der Waals surface area (Å²) >= 11 is 13.5. The number of nitrogens with one attached hydrogen (secondary N) is 2. The predicted molar refractivity (Wildman–Crippen MR) is 129 cm³/mol. The molecule has 0 unspecified atom stereocenters. The van der Waals surface area contributed by atoms with Crippen LogP contribution in [0.25, 0.3) is 5.69 Å². The number of halogens is 2. The number of aromatic nitrogens is 1. The van der Waals surface area contributed by atoms with E-state index in [1.165, 1.54) is 28.0 Å². The highest BCUT2D eigenvalue weighted by Crippen LogP contribution is 2.28. The highest BCUT2D eigenvalue weighted by molar-refractivity contribution is 7.18. The van der Waals surface area contributed by atoms with Gasteiger partial charge in [0.2, 0.25) is 0 Å². The molecule has 0 spiro atoms. The van der Waals surface area contributed by atoms with Crippen LogP contribution in [0.1, 0.15) is 32.9 Å². The summed E-state index contributed by atoms with van der Waals surface area (Å²) < 4.78 is 1.91. The van der Waals surface area contributed by atoms with Crippen LogP contribution in [0.5, 0.6) is 0 Å². The number of amides is 2. The van der Waals surface area contributed by atoms with E-state index in [0.29, 0.717) is 33.3 Å². The summed E-state index contributed by atoms with van der Waals surface area (Å²) in [4.78, 5) is 38.1. The molecule has 0 radical (unpaired) electrons. The Morgan fingerprint density at radius 2 is 1.76 bits per heavy atom. The lowest BCUT2D eigenvalue weighted by Gasteiger charge is -2.22. The zero-order chi connectivity index (χ0) is 23.5. The zero-order valence-corrected chi connectivity index (χ0v) is 19.7. The normalized spacial score (nSPS) is 19.9. The number of hydrogen-bond donors (Lipinski definition) is 3. The largest absolute Gasteiger partial charge is 0.396 e. The van der Waals surface area contributed by atoms with Crippen molar-refractivity contribution in [3.05, 3.63) is 84.9 Å². The van der Waals surface area contributed by atoms with Gasteiger partial charge in [-0.2, -0.15) is 0 Å². The van der Waals surface area contributed by atoms with Crippen molar-refractivity contribution in [2.75, 3.05) is 6.61 Å². The fraction of sp³-hybridized carbons (Fsp3) is 0.261. The number of carbonyl (C=O) groups excluding carboxylic acids is 2. The van der Waals surface area contributed by atoms with E-state index < -0.39 is 0 Å². The molecule has 1 aliphatic rings. The minimum Gasteiger partial charge on any atom is -0.396 e. The molecule has 10 heteroatoms. The van der Waals surface area contributed by atoms with Gasteiger partial charge >= 0.3 is 0 Å². The summed E-state index contributed by atoms with van der Waals surface area (Å²) in [7, 11) is 0. The molecule has 1 saturated carbocycles. The Morgan fingerprint density at radius 1 is 1.03 bits per heavy atom. The zero-order valence-electron chi connectivity index (χ0n) is 17.3. The number of nitrogens with zero attached hydrogens (tertiary/aromatic N) is 1. The van der Waals surface area contributed by atoms with Gasteiger partial charge in [-0.15, -0.1) is 11.3 Å². The van der Waals surface area contributed by atoms with E-state index in [0.717, 1.165) is 0 Å². The summed E-state index contributed by atoms with van der Waals surface area (Å²) in [6.07, 6.45) is 2.68. The number of rotatable bonds is 6. The molecular formula is C23H21Cl2N3O4S. The highest BCUT2D eigenvalue weighted by atomic mass is 35.5. The SMILES string of the molecule is O=C(N[C@H]1C[C@H](CO)C[C@H]1NC(=O)c1ccc(Cl)s1)c1ccc(-n2ccccc2=O)c(Cl)c1. The number of thiophene rings is 1. The highest BCUT2D eigenvalue weighted by Gasteiger charge is 2.36. The maximum Gasteiger partial charge on any atom is 0.261 e. The lowest BCUT2D eigenvalue weighted by atomic mass is 10.1. The average Bonchev–Trinajstić information content (AvgIpc) is 3.40. The molecule has 0 aliphatic heterocycles. The van der Waals surface area contributed by atoms with Crippen LogP contribution in [-0.2, 0) is 0 Å². The van der Waals surface area contributed by atoms with Crippen LogP contribution in [0.15, 0.2) is 59.5 Å². The Hall–Kier alpha value is -2.65. The van der Waals surface area contributed by atoms with Gasteiger partial charge in [-0.1, -0.05) is 29.3 Å². The molecule has 0 bridgehead atoms. The minimum absolute atomic E-state index is 0.0318. The van der Waals surface area contributed by atoms with Gasteiger partial charge in [-0.25, -0.2) is 0 Å². The van der Waals surface area contributed by atoms with Crippen molar-refractivity contribution in [1.29, 1.82) is 0 Å². The Bertz CT molecular complexity index is 1240. The third-order valence-electron chi connectivity index (χ3n) is 5.64. The number of hydrogen-bond acceptors (Lipinski definition) is 5. The Labute approximate surface area is 204 Å². The Kier molecular flexibility index (Phi) is 7.19. The smallest absolute Gasteiger partial charge is 0.261 e. The molecule has 3 N–H and O–H groups in total.